The number of amides is 1. The monoisotopic (exact) mass is 322 g/mol. The minimum atomic E-state index is 0.0663. The molecule has 4 heteroatoms. The van der Waals surface area contributed by atoms with Gasteiger partial charge in [-0.2, -0.15) is 0 Å². The van der Waals surface area contributed by atoms with E-state index in [0.29, 0.717) is 5.70 Å². The van der Waals surface area contributed by atoms with Crippen molar-refractivity contribution in [1.82, 2.24) is 4.90 Å². The van der Waals surface area contributed by atoms with Crippen molar-refractivity contribution in [2.75, 3.05) is 6.54 Å². The maximum Gasteiger partial charge on any atom is 0.277 e. The summed E-state index contributed by atoms with van der Waals surface area (Å²) in [5, 5.41) is 0. The Morgan fingerprint density at radius 2 is 1.91 bits per heavy atom. The second-order valence-electron chi connectivity index (χ2n) is 5.89. The van der Waals surface area contributed by atoms with Crippen molar-refractivity contribution >= 4 is 29.2 Å². The summed E-state index contributed by atoms with van der Waals surface area (Å²) < 4.78 is 0. The molecule has 1 aromatic heterocycles. The molecule has 3 heterocycles. The fraction of sp³-hybridized carbons (Fsp3) is 0.263. The molecule has 1 amide bonds. The van der Waals surface area contributed by atoms with Gasteiger partial charge < -0.3 is 0 Å². The van der Waals surface area contributed by atoms with Crippen LogP contribution < -0.4 is 0 Å². The lowest BCUT2D eigenvalue weighted by Gasteiger charge is -2.13. The number of carbonyl (C=O) groups excluding carboxylic acids is 1. The van der Waals surface area contributed by atoms with Crippen LogP contribution in [-0.4, -0.2) is 23.2 Å². The van der Waals surface area contributed by atoms with Gasteiger partial charge in [0.05, 0.1) is 0 Å². The summed E-state index contributed by atoms with van der Waals surface area (Å²) in [5.41, 5.74) is 1.79. The molecule has 23 heavy (non-hydrogen) atoms. The van der Waals surface area contributed by atoms with Gasteiger partial charge >= 0.3 is 0 Å². The van der Waals surface area contributed by atoms with Gasteiger partial charge in [-0.15, -0.1) is 11.3 Å². The maximum atomic E-state index is 12.5. The van der Waals surface area contributed by atoms with E-state index >= 15 is 0 Å². The molecule has 0 aliphatic carbocycles. The topological polar surface area (TPSA) is 32.7 Å². The largest absolute Gasteiger partial charge is 0.295 e. The average molecular weight is 322 g/mol. The first-order valence-corrected chi connectivity index (χ1v) is 8.89. The first kappa shape index (κ1) is 14.4. The smallest absolute Gasteiger partial charge is 0.277 e. The molecule has 0 saturated carbocycles. The molecule has 1 aromatic carbocycles. The zero-order chi connectivity index (χ0) is 15.6. The first-order valence-electron chi connectivity index (χ1n) is 8.08. The van der Waals surface area contributed by atoms with Crippen molar-refractivity contribution in [3.8, 4) is 10.4 Å². The zero-order valence-corrected chi connectivity index (χ0v) is 13.7. The van der Waals surface area contributed by atoms with E-state index in [1.165, 1.54) is 16.9 Å². The third kappa shape index (κ3) is 2.86. The minimum absolute atomic E-state index is 0.0663. The highest BCUT2D eigenvalue weighted by Gasteiger charge is 2.30. The molecular weight excluding hydrogens is 304 g/mol. The molecule has 3 nitrogen and oxygen atoms in total. The number of amidine groups is 1. The summed E-state index contributed by atoms with van der Waals surface area (Å²) in [6, 6.07) is 14.5. The molecule has 4 rings (SSSR count). The Kier molecular flexibility index (Phi) is 3.83. The highest BCUT2D eigenvalue weighted by atomic mass is 32.1. The van der Waals surface area contributed by atoms with E-state index in [9.17, 15) is 4.79 Å². The van der Waals surface area contributed by atoms with Crippen LogP contribution in [0.15, 0.2) is 53.2 Å². The number of rotatable bonds is 2. The van der Waals surface area contributed by atoms with Gasteiger partial charge in [0.25, 0.3) is 5.91 Å². The lowest BCUT2D eigenvalue weighted by molar-refractivity contribution is -0.122. The summed E-state index contributed by atoms with van der Waals surface area (Å²) in [5.74, 6) is 1.02. The Bertz CT molecular complexity index is 789. The number of carbonyl (C=O) groups is 1. The minimum Gasteiger partial charge on any atom is -0.295 e. The summed E-state index contributed by atoms with van der Waals surface area (Å²) in [6.45, 7) is 0.814. The van der Waals surface area contributed by atoms with Gasteiger partial charge in [-0.25, -0.2) is 4.99 Å². The van der Waals surface area contributed by atoms with Crippen LogP contribution in [-0.2, 0) is 4.79 Å². The summed E-state index contributed by atoms with van der Waals surface area (Å²) in [6.07, 6.45) is 6.25. The Morgan fingerprint density at radius 1 is 1.04 bits per heavy atom. The second kappa shape index (κ2) is 6.13. The molecule has 2 aliphatic heterocycles. The van der Waals surface area contributed by atoms with E-state index in [1.54, 1.807) is 11.3 Å². The average Bonchev–Trinajstić information content (AvgIpc) is 3.07. The maximum absolute atomic E-state index is 12.5. The zero-order valence-electron chi connectivity index (χ0n) is 12.9. The van der Waals surface area contributed by atoms with Crippen LogP contribution in [0.2, 0.25) is 0 Å². The van der Waals surface area contributed by atoms with E-state index in [4.69, 9.17) is 0 Å². The van der Waals surface area contributed by atoms with Crippen LogP contribution >= 0.6 is 11.3 Å². The standard InChI is InChI=1S/C19H18N2OS/c22-19-16(20-18-9-5-2-6-12-21(18)19)13-15-10-11-17(23-15)14-7-3-1-4-8-14/h1,3-4,7-8,10-11,13H,2,5-6,9,12H2. The van der Waals surface area contributed by atoms with Crippen LogP contribution in [0.3, 0.4) is 0 Å². The third-order valence-corrected chi connectivity index (χ3v) is 5.35. The summed E-state index contributed by atoms with van der Waals surface area (Å²) >= 11 is 1.70. The lowest BCUT2D eigenvalue weighted by Crippen LogP contribution is -2.31. The van der Waals surface area contributed by atoms with Crippen molar-refractivity contribution < 1.29 is 4.79 Å². The number of fused-ring (bicyclic) bond motifs is 1. The molecule has 2 aromatic rings. The number of nitrogens with zero attached hydrogens (tertiary/aromatic N) is 2. The number of thiophene rings is 1. The van der Waals surface area contributed by atoms with E-state index in [0.717, 1.165) is 36.5 Å². The van der Waals surface area contributed by atoms with Gasteiger partial charge in [-0.3, -0.25) is 9.69 Å². The SMILES string of the molecule is O=C1C(=Cc2ccc(-c3ccccc3)s2)N=C2CCCCCN12. The number of benzene rings is 1. The number of hydrogen-bond donors (Lipinski definition) is 0. The number of aliphatic imine (C=N–C) groups is 1. The fourth-order valence-electron chi connectivity index (χ4n) is 3.07. The predicted molar refractivity (Wildman–Crippen MR) is 95.3 cm³/mol. The van der Waals surface area contributed by atoms with E-state index in [-0.39, 0.29) is 5.91 Å². The molecule has 1 fully saturated rings. The van der Waals surface area contributed by atoms with E-state index < -0.39 is 0 Å². The Hall–Kier alpha value is -2.20. The van der Waals surface area contributed by atoms with Crippen LogP contribution in [0.25, 0.3) is 16.5 Å². The molecule has 1 saturated heterocycles. The van der Waals surface area contributed by atoms with Crippen molar-refractivity contribution in [1.29, 1.82) is 0 Å². The van der Waals surface area contributed by atoms with E-state index in [1.807, 2.05) is 29.2 Å². The van der Waals surface area contributed by atoms with Gasteiger partial charge in [-0.1, -0.05) is 36.8 Å². The van der Waals surface area contributed by atoms with Gasteiger partial charge in [0.2, 0.25) is 0 Å². The van der Waals surface area contributed by atoms with Crippen molar-refractivity contribution in [2.24, 2.45) is 4.99 Å². The normalized spacial score (nSPS) is 19.7. The second-order valence-corrected chi connectivity index (χ2v) is 7.01. The van der Waals surface area contributed by atoms with Crippen molar-refractivity contribution in [3.63, 3.8) is 0 Å². The van der Waals surface area contributed by atoms with Gasteiger partial charge in [0.1, 0.15) is 11.5 Å². The van der Waals surface area contributed by atoms with Gasteiger partial charge in [-0.05, 0) is 36.6 Å². The molecule has 0 bridgehead atoms. The van der Waals surface area contributed by atoms with Crippen LogP contribution in [0, 0.1) is 0 Å². The molecular formula is C19H18N2OS. The van der Waals surface area contributed by atoms with Crippen LogP contribution in [0.1, 0.15) is 30.6 Å². The first-order chi connectivity index (χ1) is 11.3. The molecule has 116 valence electrons. The molecule has 0 radical (unpaired) electrons. The van der Waals surface area contributed by atoms with Crippen molar-refractivity contribution in [3.05, 3.63) is 53.0 Å². The highest BCUT2D eigenvalue weighted by Crippen LogP contribution is 2.31. The lowest BCUT2D eigenvalue weighted by atomic mass is 10.2. The van der Waals surface area contributed by atoms with Crippen LogP contribution in [0.4, 0.5) is 0 Å². The predicted octanol–water partition coefficient (Wildman–Crippen LogP) is 4.57. The summed E-state index contributed by atoms with van der Waals surface area (Å²) in [7, 11) is 0. The highest BCUT2D eigenvalue weighted by molar-refractivity contribution is 7.16. The van der Waals surface area contributed by atoms with E-state index in [2.05, 4.69) is 29.3 Å². The van der Waals surface area contributed by atoms with Gasteiger partial charge in [0.15, 0.2) is 0 Å². The Morgan fingerprint density at radius 3 is 2.78 bits per heavy atom. The molecule has 0 N–H and O–H groups in total. The Balaban J connectivity index is 1.61. The quantitative estimate of drug-likeness (QED) is 0.745. The van der Waals surface area contributed by atoms with Crippen LogP contribution in [0.5, 0.6) is 0 Å². The molecule has 0 unspecified atom stereocenters. The third-order valence-electron chi connectivity index (χ3n) is 4.27. The fourth-order valence-corrected chi connectivity index (χ4v) is 4.02. The van der Waals surface area contributed by atoms with Gasteiger partial charge in [0, 0.05) is 22.7 Å². The summed E-state index contributed by atoms with van der Waals surface area (Å²) in [4.78, 5) is 21.3. The number of hydrogen-bond acceptors (Lipinski definition) is 3. The molecule has 0 atom stereocenters. The molecule has 2 aliphatic rings. The van der Waals surface area contributed by atoms with Crippen molar-refractivity contribution in [2.45, 2.75) is 25.7 Å². The molecule has 0 spiro atoms. The Labute approximate surface area is 140 Å².